The number of carbonyl (C=O) groups excluding carboxylic acids is 1. The van der Waals surface area contributed by atoms with Gasteiger partial charge in [0.1, 0.15) is 5.56 Å². The molecule has 0 spiro atoms. The van der Waals surface area contributed by atoms with Crippen LogP contribution < -0.4 is 11.2 Å². The first-order chi connectivity index (χ1) is 11.0. The topological polar surface area (TPSA) is 81.8 Å². The summed E-state index contributed by atoms with van der Waals surface area (Å²) in [4.78, 5) is 36.8. The first-order valence-electron chi connectivity index (χ1n) is 7.51. The highest BCUT2D eigenvalue weighted by Gasteiger charge is 2.18. The van der Waals surface area contributed by atoms with Gasteiger partial charge in [0, 0.05) is 31.9 Å². The van der Waals surface area contributed by atoms with Gasteiger partial charge in [0.2, 0.25) is 0 Å². The van der Waals surface area contributed by atoms with Crippen LogP contribution in [0.5, 0.6) is 0 Å². The number of hydrogen-bond acceptors (Lipinski definition) is 3. The number of aromatic nitrogens is 4. The first-order valence-corrected chi connectivity index (χ1v) is 7.51. The van der Waals surface area contributed by atoms with E-state index in [9.17, 15) is 14.4 Å². The molecule has 0 radical (unpaired) electrons. The Kier molecular flexibility index (Phi) is 3.55. The maximum atomic E-state index is 12.6. The number of hydrogen-bond donors (Lipinski definition) is 1. The lowest BCUT2D eigenvalue weighted by Crippen LogP contribution is -2.23. The minimum Gasteiger partial charge on any atom is -0.302 e. The van der Waals surface area contributed by atoms with Crippen molar-refractivity contribution >= 4 is 16.8 Å². The smallest absolute Gasteiger partial charge is 0.302 e. The molecule has 7 heteroatoms. The second-order valence-electron chi connectivity index (χ2n) is 5.35. The van der Waals surface area contributed by atoms with E-state index in [4.69, 9.17) is 0 Å². The monoisotopic (exact) mass is 314 g/mol. The Morgan fingerprint density at radius 1 is 1.09 bits per heavy atom. The third kappa shape index (κ3) is 2.16. The van der Waals surface area contributed by atoms with E-state index in [2.05, 4.69) is 5.10 Å². The Morgan fingerprint density at radius 2 is 1.74 bits per heavy atom. The van der Waals surface area contributed by atoms with Crippen LogP contribution in [0.25, 0.3) is 11.0 Å². The van der Waals surface area contributed by atoms with E-state index in [0.717, 1.165) is 5.52 Å². The Labute approximate surface area is 131 Å². The van der Waals surface area contributed by atoms with Crippen LogP contribution in [0, 0.1) is 0 Å². The van der Waals surface area contributed by atoms with Crippen LogP contribution in [0.1, 0.15) is 29.8 Å². The van der Waals surface area contributed by atoms with Gasteiger partial charge in [-0.25, -0.2) is 4.79 Å². The lowest BCUT2D eigenvalue weighted by Gasteiger charge is -2.02. The number of aryl methyl sites for hydroxylation is 3. The Morgan fingerprint density at radius 3 is 2.30 bits per heavy atom. The Bertz CT molecular complexity index is 1020. The van der Waals surface area contributed by atoms with Gasteiger partial charge in [-0.2, -0.15) is 0 Å². The number of H-pyrrole nitrogens is 1. The lowest BCUT2D eigenvalue weighted by atomic mass is 10.1. The van der Waals surface area contributed by atoms with Gasteiger partial charge in [0.25, 0.3) is 5.56 Å². The third-order valence-electron chi connectivity index (χ3n) is 4.10. The molecule has 120 valence electrons. The standard InChI is InChI=1S/C16H18N4O3/c1-4-19-12-7-6-10(8-13(12)20(5-2)16(19)23)14(21)11-9-17-18(3)15(11)22/h6-9,17H,4-5H2,1-3H3. The van der Waals surface area contributed by atoms with Crippen LogP contribution in [0.4, 0.5) is 0 Å². The summed E-state index contributed by atoms with van der Waals surface area (Å²) in [7, 11) is 1.55. The molecule has 0 bridgehead atoms. The first kappa shape index (κ1) is 15.1. The second-order valence-corrected chi connectivity index (χ2v) is 5.35. The van der Waals surface area contributed by atoms with Crippen molar-refractivity contribution in [3.05, 3.63) is 56.4 Å². The molecule has 0 saturated carbocycles. The number of nitrogens with one attached hydrogen (secondary N) is 1. The van der Waals surface area contributed by atoms with Crippen LogP contribution in [0.3, 0.4) is 0 Å². The maximum absolute atomic E-state index is 12.6. The van der Waals surface area contributed by atoms with Crippen LogP contribution in [-0.2, 0) is 20.1 Å². The number of benzene rings is 1. The fourth-order valence-corrected chi connectivity index (χ4v) is 2.85. The van der Waals surface area contributed by atoms with Crippen molar-refractivity contribution in [2.24, 2.45) is 7.05 Å². The molecule has 23 heavy (non-hydrogen) atoms. The minimum atomic E-state index is -0.367. The van der Waals surface area contributed by atoms with Crippen molar-refractivity contribution in [2.45, 2.75) is 26.9 Å². The SMILES string of the molecule is CCn1c(=O)n(CC)c2cc(C(=O)c3c[nH]n(C)c3=O)ccc21. The average Bonchev–Trinajstić information content (AvgIpc) is 3.02. The highest BCUT2D eigenvalue weighted by atomic mass is 16.2. The molecular formula is C16H18N4O3. The predicted molar refractivity (Wildman–Crippen MR) is 87.0 cm³/mol. The summed E-state index contributed by atoms with van der Waals surface area (Å²) in [6.07, 6.45) is 1.40. The van der Waals surface area contributed by atoms with E-state index in [0.29, 0.717) is 24.2 Å². The molecule has 1 N–H and O–H groups in total. The van der Waals surface area contributed by atoms with Crippen molar-refractivity contribution in [1.29, 1.82) is 0 Å². The molecule has 3 rings (SSSR count). The summed E-state index contributed by atoms with van der Waals surface area (Å²) >= 11 is 0. The van der Waals surface area contributed by atoms with Gasteiger partial charge < -0.3 is 5.10 Å². The summed E-state index contributed by atoms with van der Waals surface area (Å²) < 4.78 is 4.55. The van der Waals surface area contributed by atoms with E-state index in [-0.39, 0.29) is 22.6 Å². The van der Waals surface area contributed by atoms with Gasteiger partial charge in [-0.15, -0.1) is 0 Å². The molecule has 0 aliphatic heterocycles. The van der Waals surface area contributed by atoms with Crippen molar-refractivity contribution in [3.63, 3.8) is 0 Å². The highest BCUT2D eigenvalue weighted by Crippen LogP contribution is 2.17. The summed E-state index contributed by atoms with van der Waals surface area (Å²) in [5, 5.41) is 2.69. The largest absolute Gasteiger partial charge is 0.329 e. The predicted octanol–water partition coefficient (Wildman–Crippen LogP) is 1.10. The maximum Gasteiger partial charge on any atom is 0.329 e. The summed E-state index contributed by atoms with van der Waals surface area (Å²) in [6, 6.07) is 5.10. The molecule has 7 nitrogen and oxygen atoms in total. The molecule has 2 heterocycles. The highest BCUT2D eigenvalue weighted by molar-refractivity contribution is 6.10. The molecule has 0 amide bonds. The third-order valence-corrected chi connectivity index (χ3v) is 4.10. The lowest BCUT2D eigenvalue weighted by molar-refractivity contribution is 0.103. The normalized spacial score (nSPS) is 11.3. The Hall–Kier alpha value is -2.83. The molecular weight excluding hydrogens is 296 g/mol. The fraction of sp³-hybridized carbons (Fsp3) is 0.312. The molecule has 0 atom stereocenters. The van der Waals surface area contributed by atoms with E-state index in [1.807, 2.05) is 13.8 Å². The van der Waals surface area contributed by atoms with Crippen LogP contribution in [0.15, 0.2) is 34.0 Å². The van der Waals surface area contributed by atoms with Crippen LogP contribution >= 0.6 is 0 Å². The van der Waals surface area contributed by atoms with Gasteiger partial charge in [0.15, 0.2) is 5.78 Å². The van der Waals surface area contributed by atoms with Crippen molar-refractivity contribution in [1.82, 2.24) is 18.9 Å². The number of rotatable bonds is 4. The van der Waals surface area contributed by atoms with Gasteiger partial charge in [-0.3, -0.25) is 23.4 Å². The zero-order valence-corrected chi connectivity index (χ0v) is 13.3. The van der Waals surface area contributed by atoms with Crippen LogP contribution in [0.2, 0.25) is 0 Å². The molecule has 0 aliphatic carbocycles. The number of carbonyl (C=O) groups is 1. The van der Waals surface area contributed by atoms with E-state index in [1.54, 1.807) is 34.4 Å². The van der Waals surface area contributed by atoms with Crippen molar-refractivity contribution in [3.8, 4) is 0 Å². The molecule has 0 saturated heterocycles. The van der Waals surface area contributed by atoms with Gasteiger partial charge in [-0.1, -0.05) is 0 Å². The number of aromatic amines is 1. The van der Waals surface area contributed by atoms with E-state index < -0.39 is 0 Å². The fourth-order valence-electron chi connectivity index (χ4n) is 2.85. The minimum absolute atomic E-state index is 0.0900. The van der Waals surface area contributed by atoms with Crippen molar-refractivity contribution < 1.29 is 4.79 Å². The zero-order valence-electron chi connectivity index (χ0n) is 13.3. The molecule has 2 aromatic heterocycles. The quantitative estimate of drug-likeness (QED) is 0.732. The number of imidazole rings is 1. The Balaban J connectivity index is 2.21. The van der Waals surface area contributed by atoms with Crippen LogP contribution in [-0.4, -0.2) is 24.7 Å². The van der Waals surface area contributed by atoms with Gasteiger partial charge >= 0.3 is 5.69 Å². The second kappa shape index (κ2) is 5.42. The molecule has 1 aromatic carbocycles. The zero-order chi connectivity index (χ0) is 16.7. The van der Waals surface area contributed by atoms with Gasteiger partial charge in [0.05, 0.1) is 11.0 Å². The van der Waals surface area contributed by atoms with Gasteiger partial charge in [-0.05, 0) is 32.0 Å². The summed E-state index contributed by atoms with van der Waals surface area (Å²) in [6.45, 7) is 4.88. The number of nitrogens with zero attached hydrogens (tertiary/aromatic N) is 3. The number of fused-ring (bicyclic) bond motifs is 1. The molecule has 0 fully saturated rings. The van der Waals surface area contributed by atoms with E-state index >= 15 is 0 Å². The average molecular weight is 314 g/mol. The molecule has 0 aliphatic rings. The van der Waals surface area contributed by atoms with E-state index in [1.165, 1.54) is 10.9 Å². The number of ketones is 1. The molecule has 3 aromatic rings. The molecule has 0 unspecified atom stereocenters. The summed E-state index contributed by atoms with van der Waals surface area (Å²) in [5.74, 6) is -0.354. The van der Waals surface area contributed by atoms with Crippen molar-refractivity contribution in [2.75, 3.05) is 0 Å². The summed E-state index contributed by atoms with van der Waals surface area (Å²) in [5.41, 5.74) is 1.52.